The maximum absolute atomic E-state index is 12.7. The Balaban J connectivity index is 1.79. The number of hydrogen-bond acceptors (Lipinski definition) is 3. The topological polar surface area (TPSA) is 71.0 Å². The molecule has 0 aromatic carbocycles. The normalized spacial score (nSPS) is 14.2. The van der Waals surface area contributed by atoms with E-state index >= 15 is 0 Å². The van der Waals surface area contributed by atoms with E-state index in [0.29, 0.717) is 29.8 Å². The highest BCUT2D eigenvalue weighted by Crippen LogP contribution is 2.30. The van der Waals surface area contributed by atoms with E-state index in [1.807, 2.05) is 18.7 Å². The minimum Gasteiger partial charge on any atom is -0.342 e. The van der Waals surface area contributed by atoms with E-state index < -0.39 is 0 Å². The molecule has 1 amide bonds. The quantitative estimate of drug-likeness (QED) is 0.839. The van der Waals surface area contributed by atoms with Gasteiger partial charge < -0.3 is 4.90 Å². The number of fused-ring (bicyclic) bond motifs is 1. The lowest BCUT2D eigenvalue weighted by atomic mass is 10.00. The van der Waals surface area contributed by atoms with Crippen molar-refractivity contribution in [3.63, 3.8) is 0 Å². The van der Waals surface area contributed by atoms with Gasteiger partial charge in [-0.2, -0.15) is 0 Å². The van der Waals surface area contributed by atoms with E-state index in [1.165, 1.54) is 17.5 Å². The predicted molar refractivity (Wildman–Crippen MR) is 98.7 cm³/mol. The zero-order valence-electron chi connectivity index (χ0n) is 15.7. The van der Waals surface area contributed by atoms with Crippen LogP contribution in [0.3, 0.4) is 0 Å². The Bertz CT molecular complexity index is 845. The summed E-state index contributed by atoms with van der Waals surface area (Å²) in [6.07, 6.45) is 4.61. The monoisotopic (exact) mass is 344 g/mol. The summed E-state index contributed by atoms with van der Waals surface area (Å²) in [4.78, 5) is 31.5. The van der Waals surface area contributed by atoms with E-state index in [1.54, 1.807) is 7.05 Å². The average Bonchev–Trinajstić information content (AvgIpc) is 3.32. The fourth-order valence-electron chi connectivity index (χ4n) is 3.57. The number of H-pyrrole nitrogens is 1. The van der Waals surface area contributed by atoms with Crippen LogP contribution in [-0.2, 0) is 18.3 Å². The summed E-state index contributed by atoms with van der Waals surface area (Å²) in [5.41, 5.74) is 3.43. The van der Waals surface area contributed by atoms with Gasteiger partial charge in [0.05, 0.1) is 5.39 Å². The van der Waals surface area contributed by atoms with Crippen LogP contribution in [-0.4, -0.2) is 38.7 Å². The highest BCUT2D eigenvalue weighted by molar-refractivity contribution is 5.80. The third kappa shape index (κ3) is 3.62. The molecule has 1 aliphatic rings. The molecule has 0 unspecified atom stereocenters. The van der Waals surface area contributed by atoms with Gasteiger partial charge in [-0.3, -0.25) is 19.4 Å². The van der Waals surface area contributed by atoms with Crippen molar-refractivity contribution >= 4 is 16.9 Å². The smallest absolute Gasteiger partial charge is 0.276 e. The third-order valence-electron chi connectivity index (χ3n) is 5.18. The molecule has 6 heteroatoms. The van der Waals surface area contributed by atoms with Crippen molar-refractivity contribution in [2.45, 2.75) is 52.9 Å². The van der Waals surface area contributed by atoms with Gasteiger partial charge >= 0.3 is 0 Å². The van der Waals surface area contributed by atoms with Gasteiger partial charge in [-0.15, -0.1) is 0 Å². The van der Waals surface area contributed by atoms with Crippen LogP contribution in [0.15, 0.2) is 4.79 Å². The van der Waals surface area contributed by atoms with E-state index in [2.05, 4.69) is 17.0 Å². The molecule has 3 rings (SSSR count). The summed E-state index contributed by atoms with van der Waals surface area (Å²) < 4.78 is 1.46. The minimum absolute atomic E-state index is 0.0612. The number of aryl methyl sites for hydroxylation is 3. The Morgan fingerprint density at radius 1 is 1.36 bits per heavy atom. The average molecular weight is 344 g/mol. The highest BCUT2D eigenvalue weighted by atomic mass is 16.2. The molecule has 0 bridgehead atoms. The van der Waals surface area contributed by atoms with Crippen molar-refractivity contribution < 1.29 is 4.79 Å². The maximum atomic E-state index is 12.7. The Labute approximate surface area is 148 Å². The van der Waals surface area contributed by atoms with Crippen LogP contribution in [0.2, 0.25) is 0 Å². The maximum Gasteiger partial charge on any atom is 0.276 e. The molecule has 0 atom stereocenters. The van der Waals surface area contributed by atoms with Crippen LogP contribution in [0.25, 0.3) is 11.0 Å². The number of hydrogen-bond donors (Lipinski definition) is 1. The standard InChI is InChI=1S/C19H28N4O2/c1-5-10-23(11-14-6-7-14)16(24)9-8-15-12(2)17-18(20-13(15)3)21-22(4)19(17)25/h14H,5-11H2,1-4H3,(H,20,21). The number of aromatic amines is 1. The molecule has 0 radical (unpaired) electrons. The Morgan fingerprint density at radius 3 is 2.72 bits per heavy atom. The fourth-order valence-corrected chi connectivity index (χ4v) is 3.57. The van der Waals surface area contributed by atoms with Crippen molar-refractivity contribution in [1.29, 1.82) is 0 Å². The van der Waals surface area contributed by atoms with Crippen LogP contribution in [0.5, 0.6) is 0 Å². The predicted octanol–water partition coefficient (Wildman–Crippen LogP) is 2.46. The summed E-state index contributed by atoms with van der Waals surface area (Å²) >= 11 is 0. The molecule has 2 aromatic heterocycles. The Morgan fingerprint density at radius 2 is 2.08 bits per heavy atom. The molecule has 0 aliphatic heterocycles. The number of carbonyl (C=O) groups excluding carboxylic acids is 1. The van der Waals surface area contributed by atoms with E-state index in [4.69, 9.17) is 0 Å². The number of aromatic nitrogens is 3. The third-order valence-corrected chi connectivity index (χ3v) is 5.18. The van der Waals surface area contributed by atoms with Gasteiger partial charge in [-0.25, -0.2) is 4.98 Å². The van der Waals surface area contributed by atoms with E-state index in [-0.39, 0.29) is 11.5 Å². The molecule has 1 fully saturated rings. The molecule has 0 saturated heterocycles. The molecule has 1 aliphatic carbocycles. The second-order valence-electron chi connectivity index (χ2n) is 7.28. The first-order valence-corrected chi connectivity index (χ1v) is 9.24. The lowest BCUT2D eigenvalue weighted by Crippen LogP contribution is -2.33. The first-order chi connectivity index (χ1) is 11.9. The second kappa shape index (κ2) is 7.02. The van der Waals surface area contributed by atoms with Crippen molar-refractivity contribution in [3.8, 4) is 0 Å². The summed E-state index contributed by atoms with van der Waals surface area (Å²) in [6, 6.07) is 0. The molecule has 2 aromatic rings. The van der Waals surface area contributed by atoms with Gasteiger partial charge in [-0.05, 0) is 56.6 Å². The molecule has 1 saturated carbocycles. The molecular formula is C19H28N4O2. The minimum atomic E-state index is -0.0612. The number of rotatable bonds is 7. The van der Waals surface area contributed by atoms with Gasteiger partial charge in [-0.1, -0.05) is 6.92 Å². The second-order valence-corrected chi connectivity index (χ2v) is 7.28. The van der Waals surface area contributed by atoms with Crippen molar-refractivity contribution in [2.24, 2.45) is 13.0 Å². The van der Waals surface area contributed by atoms with Crippen LogP contribution in [0.1, 0.15) is 49.4 Å². The number of carbonyl (C=O) groups is 1. The summed E-state index contributed by atoms with van der Waals surface area (Å²) in [7, 11) is 1.70. The lowest BCUT2D eigenvalue weighted by molar-refractivity contribution is -0.131. The highest BCUT2D eigenvalue weighted by Gasteiger charge is 2.26. The van der Waals surface area contributed by atoms with E-state index in [9.17, 15) is 9.59 Å². The summed E-state index contributed by atoms with van der Waals surface area (Å²) in [6.45, 7) is 7.76. The van der Waals surface area contributed by atoms with Gasteiger partial charge in [0.1, 0.15) is 0 Å². The Kier molecular flexibility index (Phi) is 4.97. The zero-order chi connectivity index (χ0) is 18.1. The molecule has 2 heterocycles. The lowest BCUT2D eigenvalue weighted by Gasteiger charge is -2.22. The Hall–Kier alpha value is -2.11. The number of amides is 1. The largest absolute Gasteiger partial charge is 0.342 e. The van der Waals surface area contributed by atoms with E-state index in [0.717, 1.165) is 36.3 Å². The van der Waals surface area contributed by atoms with Crippen LogP contribution < -0.4 is 5.56 Å². The fraction of sp³-hybridized carbons (Fsp3) is 0.632. The number of pyridine rings is 1. The zero-order valence-corrected chi connectivity index (χ0v) is 15.7. The van der Waals surface area contributed by atoms with Crippen molar-refractivity contribution in [1.82, 2.24) is 19.7 Å². The number of nitrogens with one attached hydrogen (secondary N) is 1. The summed E-state index contributed by atoms with van der Waals surface area (Å²) in [5, 5.41) is 3.62. The summed E-state index contributed by atoms with van der Waals surface area (Å²) in [5.74, 6) is 0.925. The van der Waals surface area contributed by atoms with Crippen LogP contribution >= 0.6 is 0 Å². The molecule has 1 N–H and O–H groups in total. The van der Waals surface area contributed by atoms with Gasteiger partial charge in [0.25, 0.3) is 5.56 Å². The number of nitrogens with zero attached hydrogens (tertiary/aromatic N) is 3. The van der Waals surface area contributed by atoms with Crippen LogP contribution in [0.4, 0.5) is 0 Å². The molecular weight excluding hydrogens is 316 g/mol. The first kappa shape index (κ1) is 17.7. The first-order valence-electron chi connectivity index (χ1n) is 9.24. The SMILES string of the molecule is CCCN(CC1CC1)C(=O)CCc1c(C)nc2[nH]n(C)c(=O)c2c1C. The molecule has 25 heavy (non-hydrogen) atoms. The van der Waals surface area contributed by atoms with Gasteiger partial charge in [0.15, 0.2) is 5.65 Å². The molecule has 6 nitrogen and oxygen atoms in total. The van der Waals surface area contributed by atoms with Crippen molar-refractivity contribution in [3.05, 3.63) is 27.2 Å². The molecule has 136 valence electrons. The van der Waals surface area contributed by atoms with Gasteiger partial charge in [0.2, 0.25) is 5.91 Å². The molecule has 0 spiro atoms. The van der Waals surface area contributed by atoms with Gasteiger partial charge in [0, 0.05) is 32.3 Å². The van der Waals surface area contributed by atoms with Crippen molar-refractivity contribution in [2.75, 3.05) is 13.1 Å². The van der Waals surface area contributed by atoms with Crippen LogP contribution in [0, 0.1) is 19.8 Å².